The van der Waals surface area contributed by atoms with E-state index in [1.165, 1.54) is 12.8 Å². The molecule has 0 aromatic heterocycles. The van der Waals surface area contributed by atoms with Gasteiger partial charge in [0.2, 0.25) is 0 Å². The molecule has 0 bridgehead atoms. The zero-order valence-electron chi connectivity index (χ0n) is 13.9. The fourth-order valence-electron chi connectivity index (χ4n) is 4.01. The Morgan fingerprint density at radius 1 is 1.38 bits per heavy atom. The maximum Gasteiger partial charge on any atom is 0.323 e. The second-order valence-corrected chi connectivity index (χ2v) is 7.34. The normalized spacial score (nSPS) is 34.8. The second kappa shape index (κ2) is 6.63. The van der Waals surface area contributed by atoms with Gasteiger partial charge in [-0.05, 0) is 66.6 Å². The third-order valence-electron chi connectivity index (χ3n) is 5.14. The Labute approximate surface area is 128 Å². The molecule has 0 aromatic rings. The summed E-state index contributed by atoms with van der Waals surface area (Å²) >= 11 is 0. The van der Waals surface area contributed by atoms with Crippen LogP contribution in [-0.2, 0) is 4.79 Å². The van der Waals surface area contributed by atoms with Crippen LogP contribution in [0.25, 0.3) is 0 Å². The van der Waals surface area contributed by atoms with Gasteiger partial charge >= 0.3 is 5.97 Å². The van der Waals surface area contributed by atoms with Crippen molar-refractivity contribution in [3.05, 3.63) is 0 Å². The lowest BCUT2D eigenvalue weighted by molar-refractivity contribution is -0.145. The van der Waals surface area contributed by atoms with Crippen LogP contribution < -0.4 is 5.32 Å². The highest BCUT2D eigenvalue weighted by molar-refractivity contribution is 5.79. The molecular formula is C16H31N3O2. The van der Waals surface area contributed by atoms with Crippen molar-refractivity contribution < 1.29 is 9.90 Å². The van der Waals surface area contributed by atoms with Crippen molar-refractivity contribution in [3.8, 4) is 0 Å². The minimum atomic E-state index is -0.718. The van der Waals surface area contributed by atoms with E-state index in [1.54, 1.807) is 0 Å². The van der Waals surface area contributed by atoms with Crippen LogP contribution in [0.2, 0.25) is 0 Å². The first-order valence-corrected chi connectivity index (χ1v) is 8.25. The number of likely N-dealkylation sites (N-methyl/N-ethyl adjacent to an activating group) is 1. The van der Waals surface area contributed by atoms with Crippen molar-refractivity contribution >= 4 is 5.97 Å². The zero-order valence-corrected chi connectivity index (χ0v) is 13.9. The molecule has 0 spiro atoms. The Kier molecular flexibility index (Phi) is 5.28. The molecule has 21 heavy (non-hydrogen) atoms. The molecule has 1 aliphatic heterocycles. The summed E-state index contributed by atoms with van der Waals surface area (Å²) in [6.45, 7) is 6.25. The number of hydrogen-bond acceptors (Lipinski definition) is 4. The van der Waals surface area contributed by atoms with Crippen molar-refractivity contribution in [1.29, 1.82) is 0 Å². The van der Waals surface area contributed by atoms with Crippen molar-refractivity contribution in [2.24, 2.45) is 0 Å². The molecule has 5 nitrogen and oxygen atoms in total. The Morgan fingerprint density at radius 2 is 2.10 bits per heavy atom. The highest BCUT2D eigenvalue weighted by atomic mass is 16.4. The number of nitrogens with one attached hydrogen (secondary N) is 1. The molecule has 1 aliphatic carbocycles. The lowest BCUT2D eigenvalue weighted by atomic mass is 9.95. The third kappa shape index (κ3) is 3.76. The molecule has 2 rings (SSSR count). The molecule has 0 amide bonds. The quantitative estimate of drug-likeness (QED) is 0.803. The number of likely N-dealkylation sites (tertiary alicyclic amines) is 1. The summed E-state index contributed by atoms with van der Waals surface area (Å²) in [6, 6.07) is 1.22. The van der Waals surface area contributed by atoms with Gasteiger partial charge in [-0.1, -0.05) is 0 Å². The van der Waals surface area contributed by atoms with Gasteiger partial charge in [-0.2, -0.15) is 0 Å². The predicted octanol–water partition coefficient (Wildman–Crippen LogP) is 1.39. The number of aliphatic carboxylic acids is 1. The second-order valence-electron chi connectivity index (χ2n) is 7.34. The monoisotopic (exact) mass is 297 g/mol. The van der Waals surface area contributed by atoms with E-state index in [-0.39, 0.29) is 6.04 Å². The van der Waals surface area contributed by atoms with E-state index in [2.05, 4.69) is 29.2 Å². The molecule has 3 unspecified atom stereocenters. The highest BCUT2D eigenvalue weighted by Gasteiger charge is 2.47. The number of carboxylic acid groups (broad SMARTS) is 1. The number of hydrogen-bond donors (Lipinski definition) is 2. The number of carboxylic acids is 1. The number of rotatable bonds is 5. The molecule has 122 valence electrons. The van der Waals surface area contributed by atoms with Gasteiger partial charge in [-0.25, -0.2) is 0 Å². The minimum Gasteiger partial charge on any atom is -0.480 e. The zero-order chi connectivity index (χ0) is 15.6. The smallest absolute Gasteiger partial charge is 0.323 e. The number of piperidine rings is 1. The van der Waals surface area contributed by atoms with Crippen LogP contribution in [0.4, 0.5) is 0 Å². The Hall–Kier alpha value is -0.650. The lowest BCUT2D eigenvalue weighted by Crippen LogP contribution is -2.55. The van der Waals surface area contributed by atoms with Crippen molar-refractivity contribution in [2.75, 3.05) is 27.2 Å². The molecule has 0 radical (unpaired) electrons. The molecule has 2 aliphatic rings. The van der Waals surface area contributed by atoms with E-state index < -0.39 is 11.5 Å². The summed E-state index contributed by atoms with van der Waals surface area (Å²) in [4.78, 5) is 16.6. The molecule has 5 heteroatoms. The van der Waals surface area contributed by atoms with Crippen LogP contribution in [-0.4, -0.2) is 71.7 Å². The summed E-state index contributed by atoms with van der Waals surface area (Å²) in [5, 5.41) is 13.0. The van der Waals surface area contributed by atoms with Crippen LogP contribution in [0.3, 0.4) is 0 Å². The first-order chi connectivity index (χ1) is 9.84. The van der Waals surface area contributed by atoms with E-state index in [0.717, 1.165) is 32.4 Å². The SMILES string of the molecule is CC(C)NC1(C(=O)O)CCC(N2CCCC(N(C)C)C2)C1. The van der Waals surface area contributed by atoms with Crippen molar-refractivity contribution in [2.45, 2.75) is 69.6 Å². The average molecular weight is 297 g/mol. The van der Waals surface area contributed by atoms with Crippen molar-refractivity contribution in [3.63, 3.8) is 0 Å². The topological polar surface area (TPSA) is 55.8 Å². The van der Waals surface area contributed by atoms with Gasteiger partial charge < -0.3 is 10.0 Å². The van der Waals surface area contributed by atoms with Crippen LogP contribution in [0, 0.1) is 0 Å². The predicted molar refractivity (Wildman–Crippen MR) is 84.6 cm³/mol. The minimum absolute atomic E-state index is 0.204. The van der Waals surface area contributed by atoms with E-state index in [1.807, 2.05) is 13.8 Å². The molecule has 2 fully saturated rings. The van der Waals surface area contributed by atoms with Gasteiger partial charge in [-0.15, -0.1) is 0 Å². The van der Waals surface area contributed by atoms with Crippen LogP contribution in [0.5, 0.6) is 0 Å². The first kappa shape index (κ1) is 16.7. The van der Waals surface area contributed by atoms with Gasteiger partial charge in [0.25, 0.3) is 0 Å². The molecular weight excluding hydrogens is 266 g/mol. The fourth-order valence-corrected chi connectivity index (χ4v) is 4.01. The molecule has 1 saturated heterocycles. The summed E-state index contributed by atoms with van der Waals surface area (Å²) in [5.74, 6) is -0.681. The Morgan fingerprint density at radius 3 is 2.67 bits per heavy atom. The highest BCUT2D eigenvalue weighted by Crippen LogP contribution is 2.35. The summed E-state index contributed by atoms with van der Waals surface area (Å²) < 4.78 is 0. The van der Waals surface area contributed by atoms with E-state index in [4.69, 9.17) is 0 Å². The van der Waals surface area contributed by atoms with Crippen LogP contribution >= 0.6 is 0 Å². The van der Waals surface area contributed by atoms with E-state index in [0.29, 0.717) is 12.1 Å². The summed E-state index contributed by atoms with van der Waals surface area (Å²) in [5.41, 5.74) is -0.718. The number of nitrogens with zero attached hydrogens (tertiary/aromatic N) is 2. The Balaban J connectivity index is 2.01. The van der Waals surface area contributed by atoms with E-state index in [9.17, 15) is 9.90 Å². The fraction of sp³-hybridized carbons (Fsp3) is 0.938. The largest absolute Gasteiger partial charge is 0.480 e. The molecule has 1 saturated carbocycles. The van der Waals surface area contributed by atoms with Crippen LogP contribution in [0.1, 0.15) is 46.0 Å². The summed E-state index contributed by atoms with van der Waals surface area (Å²) in [6.07, 6.45) is 4.95. The van der Waals surface area contributed by atoms with Gasteiger partial charge in [0.1, 0.15) is 5.54 Å². The molecule has 2 N–H and O–H groups in total. The molecule has 3 atom stereocenters. The van der Waals surface area contributed by atoms with Crippen LogP contribution in [0.15, 0.2) is 0 Å². The lowest BCUT2D eigenvalue weighted by Gasteiger charge is -2.40. The number of carbonyl (C=O) groups is 1. The Bertz CT molecular complexity index is 373. The van der Waals surface area contributed by atoms with Gasteiger partial charge in [0.05, 0.1) is 0 Å². The molecule has 1 heterocycles. The maximum absolute atomic E-state index is 11.8. The first-order valence-electron chi connectivity index (χ1n) is 8.25. The van der Waals surface area contributed by atoms with Gasteiger partial charge in [0, 0.05) is 24.7 Å². The van der Waals surface area contributed by atoms with Gasteiger partial charge in [-0.3, -0.25) is 15.0 Å². The van der Waals surface area contributed by atoms with Gasteiger partial charge in [0.15, 0.2) is 0 Å². The maximum atomic E-state index is 11.8. The third-order valence-corrected chi connectivity index (χ3v) is 5.14. The average Bonchev–Trinajstić information content (AvgIpc) is 2.83. The van der Waals surface area contributed by atoms with Crippen molar-refractivity contribution in [1.82, 2.24) is 15.1 Å². The standard InChI is InChI=1S/C16H31N3O2/c1-12(2)17-16(15(20)21)8-7-13(10-16)19-9-5-6-14(11-19)18(3)4/h12-14,17H,5-11H2,1-4H3,(H,20,21). The summed E-state index contributed by atoms with van der Waals surface area (Å²) in [7, 11) is 4.29. The molecule has 0 aromatic carbocycles. The van der Waals surface area contributed by atoms with E-state index >= 15 is 0 Å².